The molecular weight excluding hydrogens is 194 g/mol. The zero-order valence-electron chi connectivity index (χ0n) is 7.93. The molecule has 3 rings (SSSR count). The summed E-state index contributed by atoms with van der Waals surface area (Å²) < 4.78 is 4.85. The Morgan fingerprint density at radius 1 is 1.40 bits per heavy atom. The van der Waals surface area contributed by atoms with Crippen LogP contribution in [-0.4, -0.2) is 25.1 Å². The van der Waals surface area contributed by atoms with E-state index in [1.165, 1.54) is 6.33 Å². The Morgan fingerprint density at radius 2 is 2.33 bits per heavy atom. The topological polar surface area (TPSA) is 80.5 Å². The fourth-order valence-electron chi connectivity index (χ4n) is 1.41. The molecule has 0 atom stereocenters. The number of fused-ring (bicyclic) bond motifs is 1. The van der Waals surface area contributed by atoms with Crippen LogP contribution in [0.15, 0.2) is 23.3 Å². The molecule has 0 saturated carbocycles. The average Bonchev–Trinajstić information content (AvgIpc) is 2.82. The highest BCUT2D eigenvalue weighted by Crippen LogP contribution is 2.20. The van der Waals surface area contributed by atoms with Gasteiger partial charge in [-0.15, -0.1) is 0 Å². The Balaban J connectivity index is 2.24. The number of nitrogens with zero attached hydrogens (tertiary/aromatic N) is 4. The lowest BCUT2D eigenvalue weighted by Crippen LogP contribution is -1.80. The van der Waals surface area contributed by atoms with Gasteiger partial charge in [0.1, 0.15) is 23.9 Å². The minimum Gasteiger partial charge on any atom is -0.364 e. The Kier molecular flexibility index (Phi) is 1.55. The summed E-state index contributed by atoms with van der Waals surface area (Å²) in [4.78, 5) is 15.4. The predicted octanol–water partition coefficient (Wildman–Crippen LogP) is 1.32. The Hall–Kier alpha value is -2.24. The van der Waals surface area contributed by atoms with E-state index >= 15 is 0 Å². The van der Waals surface area contributed by atoms with E-state index in [4.69, 9.17) is 4.52 Å². The number of hydrogen-bond donors (Lipinski definition) is 1. The molecule has 15 heavy (non-hydrogen) atoms. The molecule has 0 unspecified atom stereocenters. The first kappa shape index (κ1) is 8.10. The minimum atomic E-state index is 0.639. The van der Waals surface area contributed by atoms with Crippen molar-refractivity contribution in [1.29, 1.82) is 0 Å². The minimum absolute atomic E-state index is 0.639. The molecule has 1 N–H and O–H groups in total. The summed E-state index contributed by atoms with van der Waals surface area (Å²) in [7, 11) is 0. The summed E-state index contributed by atoms with van der Waals surface area (Å²) in [5.41, 5.74) is 3.07. The smallest absolute Gasteiger partial charge is 0.181 e. The zero-order chi connectivity index (χ0) is 10.3. The van der Waals surface area contributed by atoms with Gasteiger partial charge in [0, 0.05) is 0 Å². The van der Waals surface area contributed by atoms with Gasteiger partial charge in [0.05, 0.1) is 17.5 Å². The highest BCUT2D eigenvalue weighted by atomic mass is 16.5. The third-order valence-electron chi connectivity index (χ3n) is 2.17. The van der Waals surface area contributed by atoms with Crippen molar-refractivity contribution in [3.63, 3.8) is 0 Å². The van der Waals surface area contributed by atoms with Crippen molar-refractivity contribution in [2.24, 2.45) is 0 Å². The van der Waals surface area contributed by atoms with Crippen LogP contribution in [0.5, 0.6) is 0 Å². The van der Waals surface area contributed by atoms with E-state index in [-0.39, 0.29) is 0 Å². The molecule has 0 amide bonds. The number of hydrogen-bond acceptors (Lipinski definition) is 5. The van der Waals surface area contributed by atoms with Crippen LogP contribution in [0.25, 0.3) is 22.6 Å². The molecule has 0 saturated heterocycles. The molecule has 6 heteroatoms. The monoisotopic (exact) mass is 201 g/mol. The molecule has 0 aliphatic carbocycles. The highest BCUT2D eigenvalue weighted by molar-refractivity contribution is 5.74. The standard InChI is InChI=1S/C9H7N5O/c1-5-6(3-15-14-5)8-12-7-2-10-4-11-9(7)13-8/h2-4H,1H3,(H,10,11,12,13). The molecule has 0 bridgehead atoms. The number of aromatic nitrogens is 5. The van der Waals surface area contributed by atoms with Crippen molar-refractivity contribution in [3.05, 3.63) is 24.5 Å². The van der Waals surface area contributed by atoms with E-state index in [1.54, 1.807) is 12.5 Å². The van der Waals surface area contributed by atoms with Crippen molar-refractivity contribution >= 4 is 11.2 Å². The normalized spacial score (nSPS) is 11.0. The van der Waals surface area contributed by atoms with Crippen molar-refractivity contribution in [3.8, 4) is 11.4 Å². The van der Waals surface area contributed by atoms with E-state index in [2.05, 4.69) is 25.1 Å². The van der Waals surface area contributed by atoms with Crippen molar-refractivity contribution in [1.82, 2.24) is 25.1 Å². The lowest BCUT2D eigenvalue weighted by molar-refractivity contribution is 0.415. The van der Waals surface area contributed by atoms with Gasteiger partial charge in [0.15, 0.2) is 5.65 Å². The number of rotatable bonds is 1. The van der Waals surface area contributed by atoms with Crippen LogP contribution in [0.3, 0.4) is 0 Å². The van der Waals surface area contributed by atoms with Crippen LogP contribution in [0.4, 0.5) is 0 Å². The molecule has 3 heterocycles. The zero-order valence-corrected chi connectivity index (χ0v) is 7.93. The maximum atomic E-state index is 4.85. The molecule has 74 valence electrons. The van der Waals surface area contributed by atoms with Crippen molar-refractivity contribution in [2.75, 3.05) is 0 Å². The Labute approximate surface area is 84.4 Å². The number of aromatic amines is 1. The third kappa shape index (κ3) is 1.18. The van der Waals surface area contributed by atoms with Gasteiger partial charge in [-0.3, -0.25) is 0 Å². The van der Waals surface area contributed by atoms with Gasteiger partial charge in [-0.05, 0) is 6.92 Å². The van der Waals surface area contributed by atoms with Gasteiger partial charge < -0.3 is 9.51 Å². The summed E-state index contributed by atoms with van der Waals surface area (Å²) >= 11 is 0. The molecular formula is C9H7N5O. The second kappa shape index (κ2) is 2.88. The van der Waals surface area contributed by atoms with E-state index < -0.39 is 0 Å². The summed E-state index contributed by atoms with van der Waals surface area (Å²) in [5.74, 6) is 0.698. The summed E-state index contributed by atoms with van der Waals surface area (Å²) in [6, 6.07) is 0. The average molecular weight is 201 g/mol. The third-order valence-corrected chi connectivity index (χ3v) is 2.17. The molecule has 0 radical (unpaired) electrons. The largest absolute Gasteiger partial charge is 0.364 e. The fraction of sp³-hybridized carbons (Fsp3) is 0.111. The quantitative estimate of drug-likeness (QED) is 0.642. The fourth-order valence-corrected chi connectivity index (χ4v) is 1.41. The van der Waals surface area contributed by atoms with E-state index in [1.807, 2.05) is 6.92 Å². The molecule has 3 aromatic rings. The van der Waals surface area contributed by atoms with Crippen LogP contribution in [0, 0.1) is 6.92 Å². The Bertz CT molecular complexity index is 579. The highest BCUT2D eigenvalue weighted by Gasteiger charge is 2.10. The Morgan fingerprint density at radius 3 is 3.07 bits per heavy atom. The summed E-state index contributed by atoms with van der Waals surface area (Å²) in [6.07, 6.45) is 4.70. The van der Waals surface area contributed by atoms with Gasteiger partial charge in [-0.2, -0.15) is 0 Å². The van der Waals surface area contributed by atoms with Gasteiger partial charge in [-0.1, -0.05) is 5.16 Å². The summed E-state index contributed by atoms with van der Waals surface area (Å²) in [5, 5.41) is 3.79. The van der Waals surface area contributed by atoms with Crippen LogP contribution in [0.2, 0.25) is 0 Å². The second-order valence-corrected chi connectivity index (χ2v) is 3.16. The van der Waals surface area contributed by atoms with Crippen LogP contribution < -0.4 is 0 Å². The van der Waals surface area contributed by atoms with Crippen molar-refractivity contribution in [2.45, 2.75) is 6.92 Å². The number of aryl methyl sites for hydroxylation is 1. The van der Waals surface area contributed by atoms with Crippen LogP contribution >= 0.6 is 0 Å². The number of H-pyrrole nitrogens is 1. The first-order valence-electron chi connectivity index (χ1n) is 4.41. The molecule has 0 aromatic carbocycles. The van der Waals surface area contributed by atoms with E-state index in [0.29, 0.717) is 11.5 Å². The number of nitrogens with one attached hydrogen (secondary N) is 1. The molecule has 6 nitrogen and oxygen atoms in total. The van der Waals surface area contributed by atoms with Crippen LogP contribution in [-0.2, 0) is 0 Å². The number of imidazole rings is 1. The lowest BCUT2D eigenvalue weighted by Gasteiger charge is -1.87. The van der Waals surface area contributed by atoms with Gasteiger partial charge >= 0.3 is 0 Å². The molecule has 0 aliphatic rings. The molecule has 0 aliphatic heterocycles. The van der Waals surface area contributed by atoms with E-state index in [9.17, 15) is 0 Å². The molecule has 3 aromatic heterocycles. The maximum absolute atomic E-state index is 4.85. The SMILES string of the molecule is Cc1nocc1-c1nc2ncncc2[nH]1. The van der Waals surface area contributed by atoms with Crippen LogP contribution in [0.1, 0.15) is 5.69 Å². The first-order valence-corrected chi connectivity index (χ1v) is 4.41. The first-order chi connectivity index (χ1) is 7.34. The maximum Gasteiger partial charge on any atom is 0.181 e. The molecule has 0 fully saturated rings. The second-order valence-electron chi connectivity index (χ2n) is 3.16. The van der Waals surface area contributed by atoms with Gasteiger partial charge in [-0.25, -0.2) is 15.0 Å². The molecule has 0 spiro atoms. The summed E-state index contributed by atoms with van der Waals surface area (Å²) in [6.45, 7) is 1.86. The van der Waals surface area contributed by atoms with E-state index in [0.717, 1.165) is 16.8 Å². The van der Waals surface area contributed by atoms with Crippen molar-refractivity contribution < 1.29 is 4.52 Å². The predicted molar refractivity (Wildman–Crippen MR) is 51.9 cm³/mol. The van der Waals surface area contributed by atoms with Gasteiger partial charge in [0.2, 0.25) is 0 Å². The van der Waals surface area contributed by atoms with Gasteiger partial charge in [0.25, 0.3) is 0 Å². The lowest BCUT2D eigenvalue weighted by atomic mass is 10.2.